The van der Waals surface area contributed by atoms with Crippen molar-refractivity contribution < 1.29 is 14.3 Å². The number of hydrogen-bond donors (Lipinski definition) is 0. The minimum atomic E-state index is -0.415. The fourth-order valence-electron chi connectivity index (χ4n) is 3.88. The topological polar surface area (TPSA) is 38.8 Å². The molecular formula is C25H27NO3. The van der Waals surface area contributed by atoms with Crippen LogP contribution in [0.2, 0.25) is 0 Å². The number of ether oxygens (including phenoxy) is 2. The first kappa shape index (κ1) is 19.5. The summed E-state index contributed by atoms with van der Waals surface area (Å²) >= 11 is 0. The highest BCUT2D eigenvalue weighted by Gasteiger charge is 2.23. The third-order valence-corrected chi connectivity index (χ3v) is 5.39. The maximum atomic E-state index is 12.8. The maximum Gasteiger partial charge on any atom is 0.339 e. The van der Waals surface area contributed by atoms with E-state index in [-0.39, 0.29) is 5.97 Å². The fourth-order valence-corrected chi connectivity index (χ4v) is 3.88. The Bertz CT molecular complexity index is 867. The summed E-state index contributed by atoms with van der Waals surface area (Å²) in [6, 6.07) is 19.2. The molecule has 2 aromatic carbocycles. The molecule has 1 atom stereocenters. The lowest BCUT2D eigenvalue weighted by atomic mass is 9.94. The Morgan fingerprint density at radius 3 is 2.41 bits per heavy atom. The van der Waals surface area contributed by atoms with Crippen LogP contribution in [0.5, 0.6) is 0 Å². The smallest absolute Gasteiger partial charge is 0.339 e. The molecule has 1 unspecified atom stereocenters. The highest BCUT2D eigenvalue weighted by atomic mass is 16.5. The van der Waals surface area contributed by atoms with Crippen molar-refractivity contribution >= 4 is 5.97 Å². The second kappa shape index (κ2) is 9.57. The molecule has 4 rings (SSSR count). The van der Waals surface area contributed by atoms with Gasteiger partial charge in [0.1, 0.15) is 6.10 Å². The molecule has 0 saturated carbocycles. The number of allylic oxidation sites excluding steroid dienone is 2. The van der Waals surface area contributed by atoms with E-state index in [4.69, 9.17) is 9.47 Å². The molecule has 1 aliphatic heterocycles. The minimum Gasteiger partial charge on any atom is -0.450 e. The summed E-state index contributed by atoms with van der Waals surface area (Å²) in [5.41, 5.74) is 4.08. The summed E-state index contributed by atoms with van der Waals surface area (Å²) in [5.74, 6) is -0.302. The molecule has 4 nitrogen and oxygen atoms in total. The Kier molecular flexibility index (Phi) is 6.42. The number of carbonyl (C=O) groups excluding carboxylic acids is 1. The van der Waals surface area contributed by atoms with Gasteiger partial charge in [-0.3, -0.25) is 0 Å². The molecule has 1 fully saturated rings. The number of hydrogen-bond acceptors (Lipinski definition) is 4. The number of esters is 1. The standard InChI is InChI=1S/C25H27NO3/c27-25(21-11-5-2-6-12-21)29-24(20-9-3-1-4-10-20)19-22-13-7-8-14-23(22)26-15-17-28-18-16-26/h1-6,9-12,14,19,24H,7-8,13,15-18H2/b22-19+. The van der Waals surface area contributed by atoms with E-state index in [1.54, 1.807) is 12.1 Å². The third-order valence-electron chi connectivity index (χ3n) is 5.39. The third kappa shape index (κ3) is 4.96. The summed E-state index contributed by atoms with van der Waals surface area (Å²) in [6.45, 7) is 3.33. The highest BCUT2D eigenvalue weighted by Crippen LogP contribution is 2.32. The van der Waals surface area contributed by atoms with E-state index in [0.29, 0.717) is 5.56 Å². The molecule has 150 valence electrons. The van der Waals surface area contributed by atoms with E-state index in [2.05, 4.69) is 17.1 Å². The van der Waals surface area contributed by atoms with E-state index in [1.807, 2.05) is 48.5 Å². The van der Waals surface area contributed by atoms with Gasteiger partial charge in [-0.2, -0.15) is 0 Å². The zero-order valence-electron chi connectivity index (χ0n) is 16.6. The first-order valence-electron chi connectivity index (χ1n) is 10.4. The Balaban J connectivity index is 1.62. The molecule has 0 N–H and O–H groups in total. The number of nitrogens with zero attached hydrogens (tertiary/aromatic N) is 1. The summed E-state index contributed by atoms with van der Waals surface area (Å²) in [5, 5.41) is 0. The molecule has 2 aliphatic rings. The first-order valence-corrected chi connectivity index (χ1v) is 10.4. The van der Waals surface area contributed by atoms with E-state index in [0.717, 1.165) is 51.1 Å². The second-order valence-electron chi connectivity index (χ2n) is 7.38. The van der Waals surface area contributed by atoms with Crippen molar-refractivity contribution in [1.82, 2.24) is 4.90 Å². The molecular weight excluding hydrogens is 362 g/mol. The van der Waals surface area contributed by atoms with Gasteiger partial charge in [-0.15, -0.1) is 0 Å². The molecule has 0 amide bonds. The molecule has 0 spiro atoms. The van der Waals surface area contributed by atoms with E-state index >= 15 is 0 Å². The molecule has 0 radical (unpaired) electrons. The van der Waals surface area contributed by atoms with Gasteiger partial charge >= 0.3 is 5.97 Å². The predicted octanol–water partition coefficient (Wildman–Crippen LogP) is 4.91. The van der Waals surface area contributed by atoms with Gasteiger partial charge in [0.25, 0.3) is 0 Å². The van der Waals surface area contributed by atoms with Gasteiger partial charge in [0, 0.05) is 18.8 Å². The summed E-state index contributed by atoms with van der Waals surface area (Å²) in [4.78, 5) is 15.2. The number of rotatable bonds is 5. The van der Waals surface area contributed by atoms with Crippen LogP contribution in [0.3, 0.4) is 0 Å². The number of morpholine rings is 1. The van der Waals surface area contributed by atoms with Crippen LogP contribution in [0, 0.1) is 0 Å². The van der Waals surface area contributed by atoms with Gasteiger partial charge < -0.3 is 14.4 Å². The Hall–Kier alpha value is -2.85. The van der Waals surface area contributed by atoms with Crippen molar-refractivity contribution in [1.29, 1.82) is 0 Å². The second-order valence-corrected chi connectivity index (χ2v) is 7.38. The van der Waals surface area contributed by atoms with Gasteiger partial charge in [-0.05, 0) is 48.6 Å². The largest absolute Gasteiger partial charge is 0.450 e. The first-order chi connectivity index (χ1) is 14.3. The van der Waals surface area contributed by atoms with Crippen LogP contribution in [-0.2, 0) is 9.47 Å². The van der Waals surface area contributed by atoms with Crippen molar-refractivity contribution in [3.63, 3.8) is 0 Å². The van der Waals surface area contributed by atoms with Gasteiger partial charge in [0.05, 0.1) is 18.8 Å². The van der Waals surface area contributed by atoms with Crippen LogP contribution in [0.25, 0.3) is 0 Å². The molecule has 0 bridgehead atoms. The van der Waals surface area contributed by atoms with Crippen molar-refractivity contribution in [2.24, 2.45) is 0 Å². The molecule has 2 aromatic rings. The van der Waals surface area contributed by atoms with Crippen molar-refractivity contribution in [2.75, 3.05) is 26.3 Å². The van der Waals surface area contributed by atoms with Crippen molar-refractivity contribution in [3.05, 3.63) is 95.2 Å². The zero-order chi connectivity index (χ0) is 19.9. The molecule has 0 aromatic heterocycles. The van der Waals surface area contributed by atoms with Crippen LogP contribution in [-0.4, -0.2) is 37.2 Å². The quantitative estimate of drug-likeness (QED) is 0.681. The molecule has 1 heterocycles. The molecule has 1 saturated heterocycles. The zero-order valence-corrected chi connectivity index (χ0v) is 16.6. The maximum absolute atomic E-state index is 12.8. The van der Waals surface area contributed by atoms with Crippen molar-refractivity contribution in [2.45, 2.75) is 25.4 Å². The van der Waals surface area contributed by atoms with Gasteiger partial charge in [0.2, 0.25) is 0 Å². The fraction of sp³-hybridized carbons (Fsp3) is 0.320. The Labute approximate surface area is 172 Å². The normalized spacial score (nSPS) is 19.5. The van der Waals surface area contributed by atoms with Crippen LogP contribution in [0.4, 0.5) is 0 Å². The minimum absolute atomic E-state index is 0.302. The summed E-state index contributed by atoms with van der Waals surface area (Å²) < 4.78 is 11.5. The van der Waals surface area contributed by atoms with Crippen molar-refractivity contribution in [3.8, 4) is 0 Å². The molecule has 1 aliphatic carbocycles. The number of carbonyl (C=O) groups is 1. The van der Waals surface area contributed by atoms with Gasteiger partial charge in [-0.25, -0.2) is 4.79 Å². The van der Waals surface area contributed by atoms with E-state index in [1.165, 1.54) is 11.3 Å². The van der Waals surface area contributed by atoms with E-state index < -0.39 is 6.10 Å². The predicted molar refractivity (Wildman–Crippen MR) is 113 cm³/mol. The Morgan fingerprint density at radius 1 is 1.00 bits per heavy atom. The SMILES string of the molecule is O=C(OC(/C=C1\CCCC=C1N1CCOCC1)c1ccccc1)c1ccccc1. The summed E-state index contributed by atoms with van der Waals surface area (Å²) in [7, 11) is 0. The lowest BCUT2D eigenvalue weighted by Gasteiger charge is -2.34. The van der Waals surface area contributed by atoms with Crippen LogP contribution in [0.15, 0.2) is 84.1 Å². The molecule has 4 heteroatoms. The van der Waals surface area contributed by atoms with Gasteiger partial charge in [0.15, 0.2) is 0 Å². The molecule has 29 heavy (non-hydrogen) atoms. The van der Waals surface area contributed by atoms with Crippen LogP contribution in [0.1, 0.15) is 41.3 Å². The highest BCUT2D eigenvalue weighted by molar-refractivity contribution is 5.89. The Morgan fingerprint density at radius 2 is 1.69 bits per heavy atom. The summed E-state index contributed by atoms with van der Waals surface area (Å²) in [6.07, 6.45) is 7.24. The average molecular weight is 389 g/mol. The van der Waals surface area contributed by atoms with Gasteiger partial charge in [-0.1, -0.05) is 54.6 Å². The van der Waals surface area contributed by atoms with E-state index in [9.17, 15) is 4.79 Å². The monoisotopic (exact) mass is 389 g/mol. The van der Waals surface area contributed by atoms with Crippen LogP contribution < -0.4 is 0 Å². The lowest BCUT2D eigenvalue weighted by Crippen LogP contribution is -2.36. The number of benzene rings is 2. The lowest BCUT2D eigenvalue weighted by molar-refractivity contribution is 0.0388. The average Bonchev–Trinajstić information content (AvgIpc) is 2.80. The van der Waals surface area contributed by atoms with Crippen LogP contribution >= 0.6 is 0 Å².